The summed E-state index contributed by atoms with van der Waals surface area (Å²) in [6, 6.07) is 24.1. The van der Waals surface area contributed by atoms with Crippen molar-refractivity contribution in [3.8, 4) is 0 Å². The second-order valence-electron chi connectivity index (χ2n) is 6.03. The molecule has 1 heterocycles. The van der Waals surface area contributed by atoms with Crippen LogP contribution in [0.1, 0.15) is 29.0 Å². The van der Waals surface area contributed by atoms with Crippen LogP contribution in [0.2, 0.25) is 0 Å². The number of nitrogens with one attached hydrogen (secondary N) is 2. The second-order valence-corrected chi connectivity index (χ2v) is 6.03. The highest BCUT2D eigenvalue weighted by Gasteiger charge is 2.15. The van der Waals surface area contributed by atoms with E-state index in [-0.39, 0.29) is 11.9 Å². The summed E-state index contributed by atoms with van der Waals surface area (Å²) in [5, 5.41) is 6.49. The summed E-state index contributed by atoms with van der Waals surface area (Å²) in [4.78, 5) is 15.8. The molecule has 0 aliphatic heterocycles. The minimum atomic E-state index is -0.0911. The Kier molecular flexibility index (Phi) is 3.54. The largest absolute Gasteiger partial charge is 0.351 e. The van der Waals surface area contributed by atoms with Gasteiger partial charge >= 0.3 is 0 Å². The summed E-state index contributed by atoms with van der Waals surface area (Å²) in [5.41, 5.74) is 2.68. The van der Waals surface area contributed by atoms with Gasteiger partial charge in [0.2, 0.25) is 0 Å². The van der Waals surface area contributed by atoms with Gasteiger partial charge in [0, 0.05) is 10.9 Å². The first kappa shape index (κ1) is 14.5. The monoisotopic (exact) mass is 314 g/mol. The van der Waals surface area contributed by atoms with E-state index in [1.165, 1.54) is 10.8 Å². The Balaban J connectivity index is 1.63. The first-order chi connectivity index (χ1) is 11.7. The first-order valence-corrected chi connectivity index (χ1v) is 8.08. The number of rotatable bonds is 3. The third kappa shape index (κ3) is 2.54. The number of carbonyl (C=O) groups excluding carboxylic acids is 1. The lowest BCUT2D eigenvalue weighted by Crippen LogP contribution is -2.27. The Morgan fingerprint density at radius 2 is 1.62 bits per heavy atom. The highest BCUT2D eigenvalue weighted by atomic mass is 16.1. The summed E-state index contributed by atoms with van der Waals surface area (Å²) < 4.78 is 0. The minimum Gasteiger partial charge on any atom is -0.351 e. The first-order valence-electron chi connectivity index (χ1n) is 8.08. The third-order valence-corrected chi connectivity index (χ3v) is 4.41. The lowest BCUT2D eigenvalue weighted by molar-refractivity contribution is 0.0936. The fourth-order valence-electron chi connectivity index (χ4n) is 3.18. The maximum atomic E-state index is 12.6. The van der Waals surface area contributed by atoms with E-state index >= 15 is 0 Å². The number of aromatic nitrogens is 1. The highest BCUT2D eigenvalue weighted by molar-refractivity contribution is 5.98. The molecule has 1 aromatic heterocycles. The molecule has 3 aromatic carbocycles. The number of hydrogen-bond acceptors (Lipinski definition) is 1. The van der Waals surface area contributed by atoms with E-state index in [1.54, 1.807) is 0 Å². The molecule has 0 radical (unpaired) electrons. The van der Waals surface area contributed by atoms with Gasteiger partial charge in [0.25, 0.3) is 5.91 Å². The molecule has 3 heteroatoms. The van der Waals surface area contributed by atoms with Gasteiger partial charge in [-0.1, -0.05) is 60.7 Å². The van der Waals surface area contributed by atoms with E-state index in [1.807, 2.05) is 55.5 Å². The molecular weight excluding hydrogens is 296 g/mol. The van der Waals surface area contributed by atoms with Gasteiger partial charge < -0.3 is 10.3 Å². The number of fused-ring (bicyclic) bond motifs is 2. The van der Waals surface area contributed by atoms with Gasteiger partial charge in [0.1, 0.15) is 5.69 Å². The molecule has 0 saturated carbocycles. The molecule has 0 spiro atoms. The van der Waals surface area contributed by atoms with E-state index in [2.05, 4.69) is 34.6 Å². The van der Waals surface area contributed by atoms with E-state index < -0.39 is 0 Å². The molecule has 0 fully saturated rings. The molecule has 2 N–H and O–H groups in total. The average molecular weight is 314 g/mol. The van der Waals surface area contributed by atoms with Crippen molar-refractivity contribution in [3.63, 3.8) is 0 Å². The van der Waals surface area contributed by atoms with Gasteiger partial charge in [-0.25, -0.2) is 0 Å². The Morgan fingerprint density at radius 1 is 0.917 bits per heavy atom. The normalized spacial score (nSPS) is 12.4. The van der Waals surface area contributed by atoms with Crippen LogP contribution in [0.4, 0.5) is 0 Å². The zero-order chi connectivity index (χ0) is 16.5. The van der Waals surface area contributed by atoms with Crippen LogP contribution in [0.5, 0.6) is 0 Å². The molecule has 4 aromatic rings. The summed E-state index contributed by atoms with van der Waals surface area (Å²) in [5.74, 6) is -0.0911. The molecular formula is C21H18N2O. The number of benzene rings is 3. The Labute approximate surface area is 140 Å². The van der Waals surface area contributed by atoms with Crippen LogP contribution in [-0.2, 0) is 0 Å². The van der Waals surface area contributed by atoms with Crippen LogP contribution >= 0.6 is 0 Å². The highest BCUT2D eigenvalue weighted by Crippen LogP contribution is 2.24. The van der Waals surface area contributed by atoms with Gasteiger partial charge in [0.05, 0.1) is 6.04 Å². The van der Waals surface area contributed by atoms with E-state index in [4.69, 9.17) is 0 Å². The molecule has 0 bridgehead atoms. The quantitative estimate of drug-likeness (QED) is 0.560. The topological polar surface area (TPSA) is 44.9 Å². The number of hydrogen-bond donors (Lipinski definition) is 2. The fourth-order valence-corrected chi connectivity index (χ4v) is 3.18. The number of carbonyl (C=O) groups is 1. The number of H-pyrrole nitrogens is 1. The third-order valence-electron chi connectivity index (χ3n) is 4.41. The van der Waals surface area contributed by atoms with Crippen molar-refractivity contribution in [1.29, 1.82) is 0 Å². The number of amides is 1. The smallest absolute Gasteiger partial charge is 0.268 e. The average Bonchev–Trinajstić information content (AvgIpc) is 3.05. The summed E-state index contributed by atoms with van der Waals surface area (Å²) in [6.45, 7) is 2.02. The van der Waals surface area contributed by atoms with Crippen LogP contribution < -0.4 is 5.32 Å². The number of aromatic amines is 1. The van der Waals surface area contributed by atoms with Crippen molar-refractivity contribution in [2.75, 3.05) is 0 Å². The Bertz CT molecular complexity index is 994. The van der Waals surface area contributed by atoms with Crippen LogP contribution in [0.25, 0.3) is 21.7 Å². The molecule has 1 atom stereocenters. The molecule has 3 nitrogen and oxygen atoms in total. The summed E-state index contributed by atoms with van der Waals surface area (Å²) in [6.07, 6.45) is 0. The maximum Gasteiger partial charge on any atom is 0.268 e. The van der Waals surface area contributed by atoms with Crippen molar-refractivity contribution in [2.45, 2.75) is 13.0 Å². The molecule has 4 rings (SSSR count). The Morgan fingerprint density at radius 3 is 2.46 bits per heavy atom. The van der Waals surface area contributed by atoms with Gasteiger partial charge in [-0.15, -0.1) is 0 Å². The zero-order valence-corrected chi connectivity index (χ0v) is 13.4. The molecule has 24 heavy (non-hydrogen) atoms. The lowest BCUT2D eigenvalue weighted by atomic mass is 9.99. The van der Waals surface area contributed by atoms with Gasteiger partial charge in [-0.3, -0.25) is 4.79 Å². The molecule has 118 valence electrons. The Hall–Kier alpha value is -3.07. The van der Waals surface area contributed by atoms with Crippen molar-refractivity contribution < 1.29 is 4.79 Å². The minimum absolute atomic E-state index is 0.0741. The zero-order valence-electron chi connectivity index (χ0n) is 13.4. The predicted octanol–water partition coefficient (Wildman–Crippen LogP) is 4.81. The maximum absolute atomic E-state index is 12.6. The lowest BCUT2D eigenvalue weighted by Gasteiger charge is -2.16. The summed E-state index contributed by atoms with van der Waals surface area (Å²) >= 11 is 0. The molecule has 1 unspecified atom stereocenters. The predicted molar refractivity (Wildman–Crippen MR) is 98.1 cm³/mol. The van der Waals surface area contributed by atoms with Crippen molar-refractivity contribution in [3.05, 3.63) is 84.1 Å². The second kappa shape index (κ2) is 5.85. The molecule has 0 aliphatic carbocycles. The van der Waals surface area contributed by atoms with Crippen molar-refractivity contribution >= 4 is 27.6 Å². The van der Waals surface area contributed by atoms with E-state index in [0.717, 1.165) is 16.5 Å². The molecule has 1 amide bonds. The van der Waals surface area contributed by atoms with Crippen LogP contribution in [0, 0.1) is 0 Å². The SMILES string of the molecule is CC(NC(=O)c1cc2ccccc2[nH]1)c1cccc2ccccc12. The van der Waals surface area contributed by atoms with E-state index in [9.17, 15) is 4.79 Å². The van der Waals surface area contributed by atoms with Crippen molar-refractivity contribution in [1.82, 2.24) is 10.3 Å². The molecule has 0 saturated heterocycles. The molecule has 0 aliphatic rings. The standard InChI is InChI=1S/C21H18N2O/c1-14(17-11-6-9-15-7-2-4-10-18(15)17)22-21(24)20-13-16-8-3-5-12-19(16)23-20/h2-14,23H,1H3,(H,22,24). The van der Waals surface area contributed by atoms with Gasteiger partial charge in [-0.2, -0.15) is 0 Å². The van der Waals surface area contributed by atoms with Crippen LogP contribution in [0.3, 0.4) is 0 Å². The summed E-state index contributed by atoms with van der Waals surface area (Å²) in [7, 11) is 0. The van der Waals surface area contributed by atoms with Crippen LogP contribution in [-0.4, -0.2) is 10.9 Å². The van der Waals surface area contributed by atoms with Gasteiger partial charge in [-0.05, 0) is 35.4 Å². The fraction of sp³-hybridized carbons (Fsp3) is 0.0952. The van der Waals surface area contributed by atoms with Gasteiger partial charge in [0.15, 0.2) is 0 Å². The number of para-hydroxylation sites is 1. The van der Waals surface area contributed by atoms with Crippen molar-refractivity contribution in [2.24, 2.45) is 0 Å². The van der Waals surface area contributed by atoms with Crippen LogP contribution in [0.15, 0.2) is 72.8 Å². The van der Waals surface area contributed by atoms with E-state index in [0.29, 0.717) is 5.69 Å².